The molecule has 0 saturated carbocycles. The number of ether oxygens (including phenoxy) is 1. The monoisotopic (exact) mass is 499 g/mol. The minimum atomic E-state index is 0. The molecule has 0 radical (unpaired) electrons. The molecular formula is C21H34IN5O. The van der Waals surface area contributed by atoms with Crippen LogP contribution in [0.2, 0.25) is 0 Å². The molecule has 1 heterocycles. The van der Waals surface area contributed by atoms with E-state index in [1.165, 1.54) is 5.56 Å². The third-order valence-corrected chi connectivity index (χ3v) is 4.22. The number of aromatic nitrogens is 2. The Morgan fingerprint density at radius 3 is 2.46 bits per heavy atom. The molecule has 0 saturated heterocycles. The van der Waals surface area contributed by atoms with E-state index in [1.54, 1.807) is 7.05 Å². The molecule has 0 spiro atoms. The Morgan fingerprint density at radius 1 is 1.18 bits per heavy atom. The maximum atomic E-state index is 5.75. The van der Waals surface area contributed by atoms with Gasteiger partial charge in [-0.1, -0.05) is 32.9 Å². The fourth-order valence-electron chi connectivity index (χ4n) is 2.66. The summed E-state index contributed by atoms with van der Waals surface area (Å²) in [5.74, 6) is 2.68. The number of nitrogens with one attached hydrogen (secondary N) is 2. The maximum Gasteiger partial charge on any atom is 0.191 e. The second-order valence-electron chi connectivity index (χ2n) is 7.43. The van der Waals surface area contributed by atoms with Crippen molar-refractivity contribution >= 4 is 29.9 Å². The quantitative estimate of drug-likeness (QED) is 0.310. The third-order valence-electron chi connectivity index (χ3n) is 4.22. The van der Waals surface area contributed by atoms with Gasteiger partial charge in [-0.05, 0) is 42.5 Å². The normalized spacial score (nSPS) is 13.6. The van der Waals surface area contributed by atoms with Crippen LogP contribution < -0.4 is 15.4 Å². The van der Waals surface area contributed by atoms with Crippen LogP contribution in [0, 0.1) is 11.8 Å². The SMILES string of the molecule is CN=C(NCC(C)Cn1cccn1)NC(C)c1ccc(OCC(C)C)cc1.I. The van der Waals surface area contributed by atoms with E-state index in [9.17, 15) is 0 Å². The van der Waals surface area contributed by atoms with E-state index in [0.717, 1.165) is 31.4 Å². The molecule has 2 rings (SSSR count). The van der Waals surface area contributed by atoms with Crippen molar-refractivity contribution in [1.82, 2.24) is 20.4 Å². The van der Waals surface area contributed by atoms with Crippen molar-refractivity contribution in [2.45, 2.75) is 40.3 Å². The van der Waals surface area contributed by atoms with E-state index in [2.05, 4.69) is 60.6 Å². The van der Waals surface area contributed by atoms with Crippen molar-refractivity contribution in [2.75, 3.05) is 20.2 Å². The van der Waals surface area contributed by atoms with Gasteiger partial charge in [-0.25, -0.2) is 0 Å². The van der Waals surface area contributed by atoms with Gasteiger partial charge in [0.1, 0.15) is 5.75 Å². The smallest absolute Gasteiger partial charge is 0.191 e. The van der Waals surface area contributed by atoms with E-state index in [0.29, 0.717) is 11.8 Å². The summed E-state index contributed by atoms with van der Waals surface area (Å²) in [6.45, 7) is 11.1. The van der Waals surface area contributed by atoms with E-state index in [4.69, 9.17) is 4.74 Å². The zero-order valence-corrected chi connectivity index (χ0v) is 19.9. The number of hydrogen-bond donors (Lipinski definition) is 2. The topological polar surface area (TPSA) is 63.5 Å². The van der Waals surface area contributed by atoms with Gasteiger partial charge in [0.05, 0.1) is 12.6 Å². The minimum Gasteiger partial charge on any atom is -0.493 e. The number of halogens is 1. The molecule has 0 bridgehead atoms. The second-order valence-corrected chi connectivity index (χ2v) is 7.43. The second kappa shape index (κ2) is 12.6. The van der Waals surface area contributed by atoms with Gasteiger partial charge in [0.15, 0.2) is 5.96 Å². The lowest BCUT2D eigenvalue weighted by Crippen LogP contribution is -2.41. The van der Waals surface area contributed by atoms with Crippen molar-refractivity contribution in [3.05, 3.63) is 48.3 Å². The van der Waals surface area contributed by atoms with Gasteiger partial charge in [0.2, 0.25) is 0 Å². The fourth-order valence-corrected chi connectivity index (χ4v) is 2.66. The summed E-state index contributed by atoms with van der Waals surface area (Å²) in [6.07, 6.45) is 3.79. The summed E-state index contributed by atoms with van der Waals surface area (Å²) < 4.78 is 7.70. The molecule has 6 nitrogen and oxygen atoms in total. The number of rotatable bonds is 9. The molecule has 2 aromatic rings. The van der Waals surface area contributed by atoms with Crippen molar-refractivity contribution in [1.29, 1.82) is 0 Å². The lowest BCUT2D eigenvalue weighted by molar-refractivity contribution is 0.271. The standard InChI is InChI=1S/C21H33N5O.HI/c1-16(2)15-27-20-9-7-19(8-10-20)18(4)25-21(22-5)23-13-17(3)14-26-12-6-11-24-26;/h6-12,16-18H,13-15H2,1-5H3,(H2,22,23,25);1H. The Morgan fingerprint density at radius 2 is 1.89 bits per heavy atom. The first-order valence-corrected chi connectivity index (χ1v) is 9.65. The van der Waals surface area contributed by atoms with Crippen LogP contribution in [0.5, 0.6) is 5.75 Å². The molecular weight excluding hydrogens is 465 g/mol. The van der Waals surface area contributed by atoms with E-state index in [1.807, 2.05) is 35.3 Å². The first-order chi connectivity index (χ1) is 13.0. The largest absolute Gasteiger partial charge is 0.493 e. The highest BCUT2D eigenvalue weighted by molar-refractivity contribution is 14.0. The summed E-state index contributed by atoms with van der Waals surface area (Å²) in [5.41, 5.74) is 1.19. The first-order valence-electron chi connectivity index (χ1n) is 9.65. The van der Waals surface area contributed by atoms with Crippen LogP contribution in [0.4, 0.5) is 0 Å². The lowest BCUT2D eigenvalue weighted by atomic mass is 10.1. The molecule has 2 atom stereocenters. The molecule has 2 unspecified atom stereocenters. The summed E-state index contributed by atoms with van der Waals surface area (Å²) in [5, 5.41) is 11.1. The van der Waals surface area contributed by atoms with E-state index in [-0.39, 0.29) is 30.0 Å². The van der Waals surface area contributed by atoms with Crippen LogP contribution in [-0.2, 0) is 6.54 Å². The van der Waals surface area contributed by atoms with Crippen molar-refractivity contribution in [3.8, 4) is 5.75 Å². The van der Waals surface area contributed by atoms with Gasteiger partial charge in [-0.15, -0.1) is 24.0 Å². The Hall–Kier alpha value is -1.77. The van der Waals surface area contributed by atoms with Gasteiger partial charge in [0, 0.05) is 32.5 Å². The molecule has 1 aromatic heterocycles. The molecule has 0 fully saturated rings. The van der Waals surface area contributed by atoms with Crippen LogP contribution in [0.15, 0.2) is 47.7 Å². The van der Waals surface area contributed by atoms with Gasteiger partial charge in [-0.2, -0.15) is 5.10 Å². The predicted molar refractivity (Wildman–Crippen MR) is 126 cm³/mol. The molecule has 7 heteroatoms. The fraction of sp³-hybridized carbons (Fsp3) is 0.524. The molecule has 0 aliphatic heterocycles. The number of aliphatic imine (C=N–C) groups is 1. The van der Waals surface area contributed by atoms with E-state index >= 15 is 0 Å². The van der Waals surface area contributed by atoms with Crippen LogP contribution in [-0.4, -0.2) is 35.9 Å². The average molecular weight is 499 g/mol. The van der Waals surface area contributed by atoms with Crippen LogP contribution in [0.1, 0.15) is 39.3 Å². The van der Waals surface area contributed by atoms with Crippen LogP contribution in [0.25, 0.3) is 0 Å². The van der Waals surface area contributed by atoms with Crippen LogP contribution in [0.3, 0.4) is 0 Å². The Bertz CT molecular complexity index is 685. The summed E-state index contributed by atoms with van der Waals surface area (Å²) in [7, 11) is 1.79. The maximum absolute atomic E-state index is 5.75. The van der Waals surface area contributed by atoms with Crippen molar-refractivity contribution < 1.29 is 4.74 Å². The first kappa shape index (κ1) is 24.3. The zero-order chi connectivity index (χ0) is 19.6. The molecule has 0 aliphatic carbocycles. The van der Waals surface area contributed by atoms with Gasteiger partial charge < -0.3 is 15.4 Å². The average Bonchev–Trinajstić information content (AvgIpc) is 3.16. The molecule has 1 aromatic carbocycles. The Balaban J connectivity index is 0.00000392. The van der Waals surface area contributed by atoms with Crippen LogP contribution >= 0.6 is 24.0 Å². The summed E-state index contributed by atoms with van der Waals surface area (Å²) in [4.78, 5) is 4.34. The highest BCUT2D eigenvalue weighted by Gasteiger charge is 2.10. The highest BCUT2D eigenvalue weighted by Crippen LogP contribution is 2.18. The zero-order valence-electron chi connectivity index (χ0n) is 17.6. The summed E-state index contributed by atoms with van der Waals surface area (Å²) >= 11 is 0. The van der Waals surface area contributed by atoms with Gasteiger partial charge in [-0.3, -0.25) is 9.67 Å². The van der Waals surface area contributed by atoms with E-state index < -0.39 is 0 Å². The molecule has 2 N–H and O–H groups in total. The third kappa shape index (κ3) is 8.50. The Labute approximate surface area is 186 Å². The van der Waals surface area contributed by atoms with Gasteiger partial charge >= 0.3 is 0 Å². The van der Waals surface area contributed by atoms with Gasteiger partial charge in [0.25, 0.3) is 0 Å². The molecule has 0 amide bonds. The Kier molecular flexibility index (Phi) is 11.0. The molecule has 156 valence electrons. The molecule has 0 aliphatic rings. The number of nitrogens with zero attached hydrogens (tertiary/aromatic N) is 3. The number of hydrogen-bond acceptors (Lipinski definition) is 3. The lowest BCUT2D eigenvalue weighted by Gasteiger charge is -2.20. The predicted octanol–water partition coefficient (Wildman–Crippen LogP) is 4.10. The summed E-state index contributed by atoms with van der Waals surface area (Å²) in [6, 6.07) is 10.3. The molecule has 28 heavy (non-hydrogen) atoms. The highest BCUT2D eigenvalue weighted by atomic mass is 127. The van der Waals surface area contributed by atoms with Crippen molar-refractivity contribution in [2.24, 2.45) is 16.8 Å². The van der Waals surface area contributed by atoms with Crippen molar-refractivity contribution in [3.63, 3.8) is 0 Å². The number of benzene rings is 1. The number of guanidine groups is 1. The minimum absolute atomic E-state index is 0.